The highest BCUT2D eigenvalue weighted by Gasteiger charge is 2.24. The van der Waals surface area contributed by atoms with Crippen molar-refractivity contribution in [3.05, 3.63) is 73.6 Å². The SMILES string of the molecule is Cc1cc(OCn2nc(C)c(NC(=O)c3noc(C)c3Cn3nc(C)c(Cl)c3C)c2C)ccc1Cl. The Balaban J connectivity index is 1.52. The van der Waals surface area contributed by atoms with E-state index in [-0.39, 0.29) is 12.4 Å². The lowest BCUT2D eigenvalue weighted by atomic mass is 10.1. The largest absolute Gasteiger partial charge is 0.471 e. The summed E-state index contributed by atoms with van der Waals surface area (Å²) in [6.07, 6.45) is 0. The monoisotopic (exact) mass is 516 g/mol. The van der Waals surface area contributed by atoms with Gasteiger partial charge in [0.15, 0.2) is 12.4 Å². The maximum atomic E-state index is 13.2. The number of ether oxygens (including phenoxy) is 1. The molecule has 11 heteroatoms. The van der Waals surface area contributed by atoms with Gasteiger partial charge in [0.25, 0.3) is 5.91 Å². The van der Waals surface area contributed by atoms with Gasteiger partial charge in [-0.15, -0.1) is 0 Å². The molecule has 9 nitrogen and oxygen atoms in total. The van der Waals surface area contributed by atoms with Crippen molar-refractivity contribution < 1.29 is 14.1 Å². The first-order valence-corrected chi connectivity index (χ1v) is 11.7. The zero-order valence-electron chi connectivity index (χ0n) is 20.4. The van der Waals surface area contributed by atoms with Crippen LogP contribution in [0.1, 0.15) is 50.2 Å². The second-order valence-electron chi connectivity index (χ2n) is 8.39. The topological polar surface area (TPSA) is 100 Å². The number of hydrogen-bond acceptors (Lipinski definition) is 6. The van der Waals surface area contributed by atoms with Crippen molar-refractivity contribution in [1.82, 2.24) is 24.7 Å². The Hall–Kier alpha value is -3.30. The number of carbonyl (C=O) groups is 1. The van der Waals surface area contributed by atoms with E-state index in [1.165, 1.54) is 0 Å². The molecule has 3 aromatic heterocycles. The van der Waals surface area contributed by atoms with Crippen LogP contribution in [-0.2, 0) is 13.3 Å². The van der Waals surface area contributed by atoms with Crippen LogP contribution in [0.15, 0.2) is 22.7 Å². The van der Waals surface area contributed by atoms with E-state index < -0.39 is 5.91 Å². The van der Waals surface area contributed by atoms with Gasteiger partial charge in [-0.3, -0.25) is 9.48 Å². The number of halogens is 2. The standard InChI is InChI=1S/C24H26Cl2N6O3/c1-12-9-18(7-8-20(12)25)34-11-32-16(5)22(14(3)29-32)27-24(33)23-19(17(6)35-30-23)10-31-15(4)21(26)13(2)28-31/h7-9H,10-11H2,1-6H3,(H,27,33). The van der Waals surface area contributed by atoms with Crippen LogP contribution in [0.4, 0.5) is 5.69 Å². The fourth-order valence-electron chi connectivity index (χ4n) is 3.75. The summed E-state index contributed by atoms with van der Waals surface area (Å²) in [7, 11) is 0. The molecule has 0 unspecified atom stereocenters. The maximum absolute atomic E-state index is 13.2. The molecule has 35 heavy (non-hydrogen) atoms. The van der Waals surface area contributed by atoms with E-state index in [1.807, 2.05) is 40.7 Å². The first kappa shape index (κ1) is 24.8. The van der Waals surface area contributed by atoms with E-state index >= 15 is 0 Å². The molecule has 0 aliphatic carbocycles. The van der Waals surface area contributed by atoms with Crippen molar-refractivity contribution in [3.63, 3.8) is 0 Å². The minimum absolute atomic E-state index is 0.177. The van der Waals surface area contributed by atoms with E-state index in [4.69, 9.17) is 32.5 Å². The first-order valence-electron chi connectivity index (χ1n) is 11.0. The molecule has 3 heterocycles. The molecule has 1 N–H and O–H groups in total. The molecule has 0 saturated heterocycles. The number of aromatic nitrogens is 5. The average Bonchev–Trinajstić information content (AvgIpc) is 3.40. The summed E-state index contributed by atoms with van der Waals surface area (Å²) in [4.78, 5) is 13.2. The number of rotatable bonds is 7. The molecule has 0 bridgehead atoms. The van der Waals surface area contributed by atoms with Crippen molar-refractivity contribution in [1.29, 1.82) is 0 Å². The van der Waals surface area contributed by atoms with Gasteiger partial charge in [-0.2, -0.15) is 10.2 Å². The lowest BCUT2D eigenvalue weighted by Gasteiger charge is -2.10. The third-order valence-corrected chi connectivity index (χ3v) is 6.87. The quantitative estimate of drug-likeness (QED) is 0.345. The van der Waals surface area contributed by atoms with Gasteiger partial charge in [0, 0.05) is 10.6 Å². The van der Waals surface area contributed by atoms with Crippen LogP contribution in [0.5, 0.6) is 5.75 Å². The Morgan fingerprint density at radius 1 is 1.03 bits per heavy atom. The van der Waals surface area contributed by atoms with Crippen LogP contribution < -0.4 is 10.1 Å². The van der Waals surface area contributed by atoms with E-state index in [0.29, 0.717) is 45.0 Å². The molecule has 4 aromatic rings. The molecule has 0 atom stereocenters. The van der Waals surface area contributed by atoms with Gasteiger partial charge in [0.1, 0.15) is 11.5 Å². The van der Waals surface area contributed by atoms with Gasteiger partial charge in [0.05, 0.1) is 40.0 Å². The van der Waals surface area contributed by atoms with Crippen LogP contribution in [-0.4, -0.2) is 30.6 Å². The zero-order chi connectivity index (χ0) is 25.4. The highest BCUT2D eigenvalue weighted by atomic mass is 35.5. The smallest absolute Gasteiger partial charge is 0.278 e. The van der Waals surface area contributed by atoms with Gasteiger partial charge in [-0.1, -0.05) is 28.4 Å². The molecule has 184 valence electrons. The second-order valence-corrected chi connectivity index (χ2v) is 9.18. The van der Waals surface area contributed by atoms with Crippen molar-refractivity contribution in [3.8, 4) is 5.75 Å². The number of amides is 1. The fraction of sp³-hybridized carbons (Fsp3) is 0.333. The Morgan fingerprint density at radius 3 is 2.40 bits per heavy atom. The first-order chi connectivity index (χ1) is 16.6. The number of anilines is 1. The Labute approximate surface area is 212 Å². The summed E-state index contributed by atoms with van der Waals surface area (Å²) in [5.41, 5.74) is 5.25. The molecule has 0 spiro atoms. The molecular formula is C24H26Cl2N6O3. The highest BCUT2D eigenvalue weighted by molar-refractivity contribution is 6.32. The summed E-state index contributed by atoms with van der Waals surface area (Å²) in [6, 6.07) is 5.45. The molecule has 1 amide bonds. The van der Waals surface area contributed by atoms with Crippen molar-refractivity contribution in [2.75, 3.05) is 5.32 Å². The van der Waals surface area contributed by atoms with Crippen molar-refractivity contribution >= 4 is 34.8 Å². The van der Waals surface area contributed by atoms with Gasteiger partial charge in [-0.25, -0.2) is 4.68 Å². The lowest BCUT2D eigenvalue weighted by Crippen LogP contribution is -2.17. The predicted octanol–water partition coefficient (Wildman–Crippen LogP) is 5.56. The van der Waals surface area contributed by atoms with E-state index in [2.05, 4.69) is 20.7 Å². The third-order valence-electron chi connectivity index (χ3n) is 5.90. The minimum atomic E-state index is -0.399. The Morgan fingerprint density at radius 2 is 1.74 bits per heavy atom. The number of nitrogens with one attached hydrogen (secondary N) is 1. The van der Waals surface area contributed by atoms with E-state index in [1.54, 1.807) is 28.4 Å². The Kier molecular flexibility index (Phi) is 6.91. The summed E-state index contributed by atoms with van der Waals surface area (Å²) in [6.45, 7) is 11.5. The predicted molar refractivity (Wildman–Crippen MR) is 134 cm³/mol. The number of benzene rings is 1. The van der Waals surface area contributed by atoms with E-state index in [0.717, 1.165) is 22.6 Å². The van der Waals surface area contributed by atoms with Gasteiger partial charge in [0.2, 0.25) is 0 Å². The van der Waals surface area contributed by atoms with Crippen molar-refractivity contribution in [2.24, 2.45) is 0 Å². The van der Waals surface area contributed by atoms with Crippen molar-refractivity contribution in [2.45, 2.75) is 54.8 Å². The summed E-state index contributed by atoms with van der Waals surface area (Å²) in [5.74, 6) is 0.816. The maximum Gasteiger partial charge on any atom is 0.278 e. The fourth-order valence-corrected chi connectivity index (χ4v) is 4.01. The summed E-state index contributed by atoms with van der Waals surface area (Å²) in [5, 5.41) is 17.2. The molecule has 1 aromatic carbocycles. The zero-order valence-corrected chi connectivity index (χ0v) is 21.9. The van der Waals surface area contributed by atoms with Crippen LogP contribution >= 0.6 is 23.2 Å². The molecular weight excluding hydrogens is 491 g/mol. The van der Waals surface area contributed by atoms with Gasteiger partial charge in [-0.05, 0) is 65.3 Å². The minimum Gasteiger partial charge on any atom is -0.471 e. The molecule has 4 rings (SSSR count). The van der Waals surface area contributed by atoms with Crippen LogP contribution in [0.3, 0.4) is 0 Å². The van der Waals surface area contributed by atoms with Gasteiger partial charge < -0.3 is 14.6 Å². The normalized spacial score (nSPS) is 11.2. The molecule has 0 aliphatic heterocycles. The second kappa shape index (κ2) is 9.75. The van der Waals surface area contributed by atoms with Crippen LogP contribution in [0, 0.1) is 41.5 Å². The average molecular weight is 517 g/mol. The molecule has 0 radical (unpaired) electrons. The molecule has 0 saturated carbocycles. The Bertz CT molecular complexity index is 1420. The van der Waals surface area contributed by atoms with Crippen LogP contribution in [0.25, 0.3) is 0 Å². The number of aryl methyl sites for hydroxylation is 4. The highest BCUT2D eigenvalue weighted by Crippen LogP contribution is 2.25. The number of carbonyl (C=O) groups excluding carboxylic acids is 1. The summed E-state index contributed by atoms with van der Waals surface area (Å²) < 4.78 is 14.6. The van der Waals surface area contributed by atoms with Crippen LogP contribution in [0.2, 0.25) is 10.0 Å². The summed E-state index contributed by atoms with van der Waals surface area (Å²) >= 11 is 12.4. The van der Waals surface area contributed by atoms with E-state index in [9.17, 15) is 4.79 Å². The lowest BCUT2D eigenvalue weighted by molar-refractivity contribution is 0.101. The third kappa shape index (κ3) is 4.92. The molecule has 0 fully saturated rings. The number of hydrogen-bond donors (Lipinski definition) is 1. The van der Waals surface area contributed by atoms with Gasteiger partial charge >= 0.3 is 0 Å². The number of nitrogens with zero attached hydrogens (tertiary/aromatic N) is 5. The molecule has 0 aliphatic rings.